The van der Waals surface area contributed by atoms with Crippen LogP contribution < -0.4 is 10.6 Å². The Morgan fingerprint density at radius 2 is 1.30 bits per heavy atom. The molecule has 3 aliphatic rings. The highest BCUT2D eigenvalue weighted by atomic mass is 16.2. The summed E-state index contributed by atoms with van der Waals surface area (Å²) in [6, 6.07) is 11.3. The van der Waals surface area contributed by atoms with E-state index in [4.69, 9.17) is 0 Å². The van der Waals surface area contributed by atoms with Crippen molar-refractivity contribution in [3.05, 3.63) is 35.9 Å². The molecule has 30 heavy (non-hydrogen) atoms. The van der Waals surface area contributed by atoms with Gasteiger partial charge in [-0.25, -0.2) is 0 Å². The molecule has 0 radical (unpaired) electrons. The maximum Gasteiger partial charge on any atom is 0.223 e. The van der Waals surface area contributed by atoms with Crippen LogP contribution in [0, 0.1) is 17.8 Å². The van der Waals surface area contributed by atoms with E-state index in [1.807, 2.05) is 0 Å². The van der Waals surface area contributed by atoms with Crippen molar-refractivity contribution in [2.75, 3.05) is 0 Å². The molecule has 1 aromatic rings. The Morgan fingerprint density at radius 3 is 2.03 bits per heavy atom. The molecule has 1 aromatic carbocycles. The molecule has 0 heterocycles. The third kappa shape index (κ3) is 5.65. The number of benzene rings is 1. The number of amides is 2. The Bertz CT molecular complexity index is 690. The third-order valence-corrected chi connectivity index (χ3v) is 7.75. The molecule has 164 valence electrons. The molecule has 0 aromatic heterocycles. The Kier molecular flexibility index (Phi) is 7.46. The predicted molar refractivity (Wildman–Crippen MR) is 120 cm³/mol. The van der Waals surface area contributed by atoms with Crippen molar-refractivity contribution in [3.63, 3.8) is 0 Å². The largest absolute Gasteiger partial charge is 0.353 e. The average Bonchev–Trinajstić information content (AvgIpc) is 3.31. The third-order valence-electron chi connectivity index (χ3n) is 7.75. The van der Waals surface area contributed by atoms with Crippen molar-refractivity contribution < 1.29 is 9.59 Å². The van der Waals surface area contributed by atoms with Gasteiger partial charge in [0.1, 0.15) is 0 Å². The molecule has 0 aliphatic heterocycles. The van der Waals surface area contributed by atoms with Gasteiger partial charge in [0.25, 0.3) is 0 Å². The first-order valence-electron chi connectivity index (χ1n) is 12.3. The summed E-state index contributed by atoms with van der Waals surface area (Å²) in [5.41, 5.74) is 1.38. The lowest BCUT2D eigenvalue weighted by atomic mass is 9.79. The predicted octanol–water partition coefficient (Wildman–Crippen LogP) is 4.77. The molecule has 4 heteroatoms. The van der Waals surface area contributed by atoms with Crippen LogP contribution in [0.25, 0.3) is 0 Å². The average molecular weight is 411 g/mol. The first-order valence-corrected chi connectivity index (χ1v) is 12.3. The quantitative estimate of drug-likeness (QED) is 0.710. The minimum atomic E-state index is 0.115. The topological polar surface area (TPSA) is 58.2 Å². The van der Waals surface area contributed by atoms with E-state index in [1.54, 1.807) is 0 Å². The fourth-order valence-electron chi connectivity index (χ4n) is 5.87. The molecular weight excluding hydrogens is 372 g/mol. The number of nitrogens with one attached hydrogen (secondary N) is 2. The molecule has 3 saturated carbocycles. The molecule has 0 bridgehead atoms. The Balaban J connectivity index is 1.23. The molecule has 4 nitrogen and oxygen atoms in total. The van der Waals surface area contributed by atoms with Crippen molar-refractivity contribution in [2.24, 2.45) is 17.8 Å². The lowest BCUT2D eigenvalue weighted by Gasteiger charge is -2.35. The molecule has 2 N–H and O–H groups in total. The lowest BCUT2D eigenvalue weighted by molar-refractivity contribution is -0.127. The van der Waals surface area contributed by atoms with Crippen LogP contribution >= 0.6 is 0 Å². The van der Waals surface area contributed by atoms with E-state index < -0.39 is 0 Å². The molecule has 3 fully saturated rings. The van der Waals surface area contributed by atoms with Crippen molar-refractivity contribution in [1.29, 1.82) is 0 Å². The highest BCUT2D eigenvalue weighted by Crippen LogP contribution is 2.30. The maximum absolute atomic E-state index is 13.0. The summed E-state index contributed by atoms with van der Waals surface area (Å²) in [5, 5.41) is 6.70. The zero-order valence-corrected chi connectivity index (χ0v) is 18.3. The van der Waals surface area contributed by atoms with Gasteiger partial charge in [0.2, 0.25) is 11.8 Å². The van der Waals surface area contributed by atoms with Gasteiger partial charge >= 0.3 is 0 Å². The van der Waals surface area contributed by atoms with E-state index in [2.05, 4.69) is 41.0 Å². The van der Waals surface area contributed by atoms with E-state index in [1.165, 1.54) is 37.7 Å². The summed E-state index contributed by atoms with van der Waals surface area (Å²) in [6.45, 7) is 0. The number of carbonyl (C=O) groups is 2. The van der Waals surface area contributed by atoms with Crippen LogP contribution in [0.2, 0.25) is 0 Å². The van der Waals surface area contributed by atoms with Gasteiger partial charge in [-0.1, -0.05) is 56.0 Å². The SMILES string of the molecule is O=C(NC1CCC(C(=O)NC2CCCCC2Cc2ccccc2)CC1)C1CCCC1. The van der Waals surface area contributed by atoms with E-state index in [-0.39, 0.29) is 29.7 Å². The highest BCUT2D eigenvalue weighted by Gasteiger charge is 2.32. The summed E-state index contributed by atoms with van der Waals surface area (Å²) in [6.07, 6.45) is 14.0. The van der Waals surface area contributed by atoms with E-state index in [9.17, 15) is 9.59 Å². The minimum Gasteiger partial charge on any atom is -0.353 e. The van der Waals surface area contributed by atoms with Gasteiger partial charge in [-0.3, -0.25) is 9.59 Å². The maximum atomic E-state index is 13.0. The van der Waals surface area contributed by atoms with Gasteiger partial charge in [-0.2, -0.15) is 0 Å². The second-order valence-corrected chi connectivity index (χ2v) is 9.89. The smallest absolute Gasteiger partial charge is 0.223 e. The molecule has 0 spiro atoms. The second kappa shape index (κ2) is 10.5. The molecule has 2 amide bonds. The van der Waals surface area contributed by atoms with Crippen molar-refractivity contribution in [1.82, 2.24) is 10.6 Å². The van der Waals surface area contributed by atoms with Gasteiger partial charge in [0.05, 0.1) is 0 Å². The van der Waals surface area contributed by atoms with E-state index in [0.717, 1.165) is 51.4 Å². The first kappa shape index (κ1) is 21.4. The molecular formula is C26H38N2O2. The highest BCUT2D eigenvalue weighted by molar-refractivity contribution is 5.80. The number of carbonyl (C=O) groups excluding carboxylic acids is 2. The molecule has 3 aliphatic carbocycles. The van der Waals surface area contributed by atoms with Gasteiger partial charge < -0.3 is 10.6 Å². The van der Waals surface area contributed by atoms with E-state index >= 15 is 0 Å². The van der Waals surface area contributed by atoms with E-state index in [0.29, 0.717) is 12.0 Å². The summed E-state index contributed by atoms with van der Waals surface area (Å²) in [7, 11) is 0. The van der Waals surface area contributed by atoms with Crippen molar-refractivity contribution >= 4 is 11.8 Å². The summed E-state index contributed by atoms with van der Waals surface area (Å²) >= 11 is 0. The van der Waals surface area contributed by atoms with Gasteiger partial charge in [-0.05, 0) is 69.3 Å². The second-order valence-electron chi connectivity index (χ2n) is 9.89. The van der Waals surface area contributed by atoms with Crippen molar-refractivity contribution in [2.45, 2.75) is 95.6 Å². The Morgan fingerprint density at radius 1 is 0.700 bits per heavy atom. The Labute approximate surface area is 181 Å². The van der Waals surface area contributed by atoms with Crippen molar-refractivity contribution in [3.8, 4) is 0 Å². The van der Waals surface area contributed by atoms with Gasteiger partial charge in [-0.15, -0.1) is 0 Å². The fourth-order valence-corrected chi connectivity index (χ4v) is 5.87. The minimum absolute atomic E-state index is 0.115. The normalized spacial score (nSPS) is 30.0. The molecule has 2 unspecified atom stereocenters. The lowest BCUT2D eigenvalue weighted by Crippen LogP contribution is -2.47. The van der Waals surface area contributed by atoms with Crippen LogP contribution in [0.4, 0.5) is 0 Å². The Hall–Kier alpha value is -1.84. The number of hydrogen-bond donors (Lipinski definition) is 2. The van der Waals surface area contributed by atoms with Crippen LogP contribution in [0.3, 0.4) is 0 Å². The van der Waals surface area contributed by atoms with Gasteiger partial charge in [0.15, 0.2) is 0 Å². The summed E-state index contributed by atoms with van der Waals surface area (Å²) < 4.78 is 0. The molecule has 0 saturated heterocycles. The fraction of sp³-hybridized carbons (Fsp3) is 0.692. The van der Waals surface area contributed by atoms with Gasteiger partial charge in [0, 0.05) is 23.9 Å². The monoisotopic (exact) mass is 410 g/mol. The zero-order chi connectivity index (χ0) is 20.8. The molecule has 2 atom stereocenters. The van der Waals surface area contributed by atoms with Crippen LogP contribution in [0.5, 0.6) is 0 Å². The standard InChI is InChI=1S/C26H38N2O2/c29-25(20-10-4-5-11-20)27-23-16-14-21(15-17-23)26(30)28-24-13-7-6-12-22(24)18-19-8-2-1-3-9-19/h1-3,8-9,20-24H,4-7,10-18H2,(H,27,29)(H,28,30). The van der Waals surface area contributed by atoms with Crippen LogP contribution in [-0.4, -0.2) is 23.9 Å². The summed E-state index contributed by atoms with van der Waals surface area (Å²) in [5.74, 6) is 1.40. The van der Waals surface area contributed by atoms with Crippen LogP contribution in [-0.2, 0) is 16.0 Å². The zero-order valence-electron chi connectivity index (χ0n) is 18.3. The molecule has 4 rings (SSSR count). The summed E-state index contributed by atoms with van der Waals surface area (Å²) in [4.78, 5) is 25.4. The number of hydrogen-bond acceptors (Lipinski definition) is 2. The van der Waals surface area contributed by atoms with Crippen LogP contribution in [0.15, 0.2) is 30.3 Å². The van der Waals surface area contributed by atoms with Crippen LogP contribution in [0.1, 0.15) is 82.6 Å². The number of rotatable bonds is 6. The first-order chi connectivity index (χ1) is 14.7.